The van der Waals surface area contributed by atoms with E-state index in [2.05, 4.69) is 14.9 Å². The fourth-order valence-electron chi connectivity index (χ4n) is 1.93. The van der Waals surface area contributed by atoms with Gasteiger partial charge in [-0.25, -0.2) is 13.1 Å². The van der Waals surface area contributed by atoms with Gasteiger partial charge in [0.15, 0.2) is 0 Å². The lowest BCUT2D eigenvalue weighted by atomic mass is 10.2. The zero-order chi connectivity index (χ0) is 13.9. The largest absolute Gasteiger partial charge is 0.281 e. The van der Waals surface area contributed by atoms with Gasteiger partial charge in [-0.15, -0.1) is 0 Å². The van der Waals surface area contributed by atoms with E-state index >= 15 is 0 Å². The molecule has 0 spiro atoms. The van der Waals surface area contributed by atoms with Gasteiger partial charge in [0.05, 0.1) is 16.6 Å². The Kier molecular flexibility index (Phi) is 4.01. The Labute approximate surface area is 113 Å². The van der Waals surface area contributed by atoms with Crippen LogP contribution >= 0.6 is 0 Å². The van der Waals surface area contributed by atoms with Crippen LogP contribution in [-0.4, -0.2) is 18.6 Å². The fraction of sp³-hybridized carbons (Fsp3) is 0.308. The topological polar surface area (TPSA) is 74.8 Å². The van der Waals surface area contributed by atoms with Crippen molar-refractivity contribution in [3.8, 4) is 0 Å². The van der Waals surface area contributed by atoms with E-state index in [9.17, 15) is 8.42 Å². The molecule has 0 saturated heterocycles. The van der Waals surface area contributed by atoms with Crippen molar-refractivity contribution < 1.29 is 8.42 Å². The van der Waals surface area contributed by atoms with Crippen molar-refractivity contribution in [3.05, 3.63) is 47.8 Å². The smallest absolute Gasteiger partial charge is 0.241 e. The van der Waals surface area contributed by atoms with Crippen LogP contribution < -0.4 is 4.72 Å². The summed E-state index contributed by atoms with van der Waals surface area (Å²) in [5, 5.41) is 6.58. The molecular formula is C13H17N3O2S. The molecule has 0 aliphatic heterocycles. The Hall–Kier alpha value is -1.66. The predicted molar refractivity (Wildman–Crippen MR) is 73.1 cm³/mol. The fourth-order valence-corrected chi connectivity index (χ4v) is 3.46. The third-order valence-electron chi connectivity index (χ3n) is 2.96. The average molecular weight is 279 g/mol. The molecule has 0 radical (unpaired) electrons. The molecule has 0 saturated carbocycles. The Morgan fingerprint density at radius 3 is 2.68 bits per heavy atom. The molecule has 0 aliphatic carbocycles. The SMILES string of the molecule is CCc1ccccc1S(=O)(=O)N[C@H](C)c1ccn[nH]1. The molecule has 5 nitrogen and oxygen atoms in total. The summed E-state index contributed by atoms with van der Waals surface area (Å²) in [6.07, 6.45) is 2.27. The van der Waals surface area contributed by atoms with Crippen LogP contribution in [0.2, 0.25) is 0 Å². The maximum atomic E-state index is 12.4. The highest BCUT2D eigenvalue weighted by Gasteiger charge is 2.21. The monoisotopic (exact) mass is 279 g/mol. The van der Waals surface area contributed by atoms with Crippen molar-refractivity contribution in [2.45, 2.75) is 31.2 Å². The summed E-state index contributed by atoms with van der Waals surface area (Å²) in [4.78, 5) is 0.337. The number of sulfonamides is 1. The summed E-state index contributed by atoms with van der Waals surface area (Å²) in [5.74, 6) is 0. The van der Waals surface area contributed by atoms with Gasteiger partial charge in [0.25, 0.3) is 0 Å². The van der Waals surface area contributed by atoms with E-state index < -0.39 is 10.0 Å². The van der Waals surface area contributed by atoms with Crippen LogP contribution in [-0.2, 0) is 16.4 Å². The van der Waals surface area contributed by atoms with E-state index in [-0.39, 0.29) is 6.04 Å². The number of aromatic nitrogens is 2. The molecule has 0 aliphatic rings. The van der Waals surface area contributed by atoms with Gasteiger partial charge in [0, 0.05) is 6.20 Å². The number of H-pyrrole nitrogens is 1. The number of rotatable bonds is 5. The van der Waals surface area contributed by atoms with Crippen LogP contribution in [0.15, 0.2) is 41.4 Å². The maximum absolute atomic E-state index is 12.4. The molecule has 0 fully saturated rings. The van der Waals surface area contributed by atoms with E-state index in [0.717, 1.165) is 11.3 Å². The molecule has 1 atom stereocenters. The highest BCUT2D eigenvalue weighted by molar-refractivity contribution is 7.89. The highest BCUT2D eigenvalue weighted by atomic mass is 32.2. The first kappa shape index (κ1) is 13.8. The number of nitrogens with zero attached hydrogens (tertiary/aromatic N) is 1. The molecule has 0 amide bonds. The molecule has 0 bridgehead atoms. The second-order valence-corrected chi connectivity index (χ2v) is 6.00. The number of nitrogens with one attached hydrogen (secondary N) is 2. The molecular weight excluding hydrogens is 262 g/mol. The van der Waals surface area contributed by atoms with Crippen molar-refractivity contribution in [2.75, 3.05) is 0 Å². The highest BCUT2D eigenvalue weighted by Crippen LogP contribution is 2.19. The van der Waals surface area contributed by atoms with Crippen molar-refractivity contribution in [1.82, 2.24) is 14.9 Å². The van der Waals surface area contributed by atoms with Crippen LogP contribution in [0.4, 0.5) is 0 Å². The third kappa shape index (κ3) is 3.02. The molecule has 102 valence electrons. The molecule has 1 heterocycles. The summed E-state index contributed by atoms with van der Waals surface area (Å²) in [5.41, 5.74) is 1.55. The van der Waals surface area contributed by atoms with Gasteiger partial charge in [-0.2, -0.15) is 5.10 Å². The van der Waals surface area contributed by atoms with Gasteiger partial charge in [-0.05, 0) is 31.0 Å². The molecule has 2 aromatic rings. The lowest BCUT2D eigenvalue weighted by Crippen LogP contribution is -2.28. The Bertz CT molecular complexity index is 636. The maximum Gasteiger partial charge on any atom is 0.241 e. The van der Waals surface area contributed by atoms with Crippen LogP contribution in [0.5, 0.6) is 0 Å². The van der Waals surface area contributed by atoms with Crippen LogP contribution in [0.3, 0.4) is 0 Å². The second kappa shape index (κ2) is 5.54. The molecule has 1 aromatic carbocycles. The number of benzene rings is 1. The molecule has 2 N–H and O–H groups in total. The van der Waals surface area contributed by atoms with Crippen molar-refractivity contribution in [2.24, 2.45) is 0 Å². The van der Waals surface area contributed by atoms with Crippen molar-refractivity contribution >= 4 is 10.0 Å². The molecule has 19 heavy (non-hydrogen) atoms. The third-order valence-corrected chi connectivity index (χ3v) is 4.60. The Morgan fingerprint density at radius 2 is 2.05 bits per heavy atom. The normalized spacial score (nSPS) is 13.4. The number of aryl methyl sites for hydroxylation is 1. The van der Waals surface area contributed by atoms with Crippen molar-refractivity contribution in [1.29, 1.82) is 0 Å². The molecule has 0 unspecified atom stereocenters. The van der Waals surface area contributed by atoms with Crippen LogP contribution in [0, 0.1) is 0 Å². The molecule has 2 rings (SSSR count). The quantitative estimate of drug-likeness (QED) is 0.879. The van der Waals surface area contributed by atoms with Gasteiger partial charge >= 0.3 is 0 Å². The van der Waals surface area contributed by atoms with Gasteiger partial charge in [0.2, 0.25) is 10.0 Å². The number of hydrogen-bond acceptors (Lipinski definition) is 3. The van der Waals surface area contributed by atoms with Gasteiger partial charge < -0.3 is 0 Å². The summed E-state index contributed by atoms with van der Waals surface area (Å²) >= 11 is 0. The Morgan fingerprint density at radius 1 is 1.32 bits per heavy atom. The number of hydrogen-bond donors (Lipinski definition) is 2. The lowest BCUT2D eigenvalue weighted by molar-refractivity contribution is 0.562. The van der Waals surface area contributed by atoms with Gasteiger partial charge in [-0.3, -0.25) is 5.10 Å². The van der Waals surface area contributed by atoms with E-state index in [0.29, 0.717) is 11.3 Å². The van der Waals surface area contributed by atoms with Gasteiger partial charge in [-0.1, -0.05) is 25.1 Å². The Balaban J connectivity index is 2.28. The summed E-state index contributed by atoms with van der Waals surface area (Å²) in [6.45, 7) is 3.71. The predicted octanol–water partition coefficient (Wildman–Crippen LogP) is 2.01. The van der Waals surface area contributed by atoms with Gasteiger partial charge in [0.1, 0.15) is 0 Å². The second-order valence-electron chi connectivity index (χ2n) is 4.32. The number of aromatic amines is 1. The standard InChI is InChI=1S/C13H17N3O2S/c1-3-11-6-4-5-7-13(11)19(17,18)16-10(2)12-8-9-14-15-12/h4-10,16H,3H2,1-2H3,(H,14,15)/t10-/m1/s1. The average Bonchev–Trinajstić information content (AvgIpc) is 2.92. The first-order valence-corrected chi connectivity index (χ1v) is 7.62. The van der Waals surface area contributed by atoms with Crippen LogP contribution in [0.1, 0.15) is 31.1 Å². The minimum Gasteiger partial charge on any atom is -0.281 e. The van der Waals surface area contributed by atoms with E-state index in [1.165, 1.54) is 0 Å². The first-order valence-electron chi connectivity index (χ1n) is 6.14. The summed E-state index contributed by atoms with van der Waals surface area (Å²) in [7, 11) is -3.53. The van der Waals surface area contributed by atoms with Crippen molar-refractivity contribution in [3.63, 3.8) is 0 Å². The van der Waals surface area contributed by atoms with Crippen LogP contribution in [0.25, 0.3) is 0 Å². The van der Waals surface area contributed by atoms with E-state index in [1.54, 1.807) is 31.3 Å². The zero-order valence-electron chi connectivity index (χ0n) is 10.9. The first-order chi connectivity index (χ1) is 9.04. The lowest BCUT2D eigenvalue weighted by Gasteiger charge is -2.14. The minimum absolute atomic E-state index is 0.337. The molecule has 1 aromatic heterocycles. The van der Waals surface area contributed by atoms with E-state index in [1.807, 2.05) is 19.1 Å². The summed E-state index contributed by atoms with van der Waals surface area (Å²) in [6, 6.07) is 8.43. The van der Waals surface area contributed by atoms with E-state index in [4.69, 9.17) is 0 Å². The minimum atomic E-state index is -3.53. The zero-order valence-corrected chi connectivity index (χ0v) is 11.7. The molecule has 6 heteroatoms. The summed E-state index contributed by atoms with van der Waals surface area (Å²) < 4.78 is 27.4.